The number of aliphatic hydroxyl groups excluding tert-OH is 22. The van der Waals surface area contributed by atoms with Crippen LogP contribution < -0.4 is 0 Å². The maximum Gasteiger partial charge on any atom is 0.187 e. The van der Waals surface area contributed by atoms with Crippen LogP contribution in [0.4, 0.5) is 0 Å². The SMILES string of the molecule is CCCCCCCCCCCCOCC(COCCCCCCCCCCCC)O[C@@H]1O[C@H](CO)[C@@H](O[C@H]2O[C@H](CO)[C@@H](O[C@H]3O[C@H](CO)[C@@H](O[C@H]4O[C@H](CO)[C@@H](O[C@H]5O[C@H](CO)[C@@H](O[C@H]6O[C@H](CO)[C@@H](O[C@H]7O[C@H](CO)[C@@H](O)[C@H](O)[C@H]7O)[C@H](O)[C@H]6O)[C@H](O)[C@H]5O)[C@H](O)[C@H]4O)[C@H](O)[C@H]3O)[C@H](O)[C@H]2O)[C@H](O)[C@H]1O. The van der Waals surface area contributed by atoms with Crippen LogP contribution in [0.1, 0.15) is 142 Å². The fraction of sp³-hybridized carbons (Fsp3) is 1.00. The van der Waals surface area contributed by atoms with E-state index in [1.807, 2.05) is 0 Å². The topological polar surface area (TPSA) is 593 Å². The first-order chi connectivity index (χ1) is 51.5. The van der Waals surface area contributed by atoms with Crippen molar-refractivity contribution in [3.05, 3.63) is 0 Å². The number of unbranched alkanes of at least 4 members (excludes halogenated alkanes) is 18. The van der Waals surface area contributed by atoms with Gasteiger partial charge >= 0.3 is 0 Å². The van der Waals surface area contributed by atoms with E-state index >= 15 is 0 Å². The van der Waals surface area contributed by atoms with Crippen molar-refractivity contribution in [1.29, 1.82) is 0 Å². The predicted molar refractivity (Wildman–Crippen MR) is 360 cm³/mol. The van der Waals surface area contributed by atoms with Gasteiger partial charge in [-0.15, -0.1) is 0 Å². The Balaban J connectivity index is 0.897. The summed E-state index contributed by atoms with van der Waals surface area (Å²) in [7, 11) is 0. The molecule has 7 saturated heterocycles. The van der Waals surface area contributed by atoms with Crippen LogP contribution in [0.2, 0.25) is 0 Å². The van der Waals surface area contributed by atoms with E-state index in [9.17, 15) is 112 Å². The molecule has 0 radical (unpaired) electrons. The second kappa shape index (κ2) is 47.5. The van der Waals surface area contributed by atoms with Crippen molar-refractivity contribution in [1.82, 2.24) is 0 Å². The summed E-state index contributed by atoms with van der Waals surface area (Å²) in [6, 6.07) is 0. The Morgan fingerprint density at radius 1 is 0.224 bits per heavy atom. The van der Waals surface area contributed by atoms with Gasteiger partial charge in [-0.3, -0.25) is 0 Å². The summed E-state index contributed by atoms with van der Waals surface area (Å²) in [5.41, 5.74) is 0. The Labute approximate surface area is 622 Å². The van der Waals surface area contributed by atoms with Crippen molar-refractivity contribution in [3.63, 3.8) is 0 Å². The van der Waals surface area contributed by atoms with Crippen molar-refractivity contribution < 1.29 is 188 Å². The van der Waals surface area contributed by atoms with Crippen LogP contribution >= 0.6 is 0 Å². The summed E-state index contributed by atoms with van der Waals surface area (Å²) < 4.78 is 92.7. The van der Waals surface area contributed by atoms with Crippen molar-refractivity contribution >= 4 is 0 Å². The lowest BCUT2D eigenvalue weighted by molar-refractivity contribution is -0.398. The summed E-state index contributed by atoms with van der Waals surface area (Å²) in [5, 5.41) is 240. The molecular weight excluding hydrogens is 1440 g/mol. The molecule has 38 heteroatoms. The van der Waals surface area contributed by atoms with E-state index in [1.54, 1.807) is 0 Å². The first-order valence-corrected chi connectivity index (χ1v) is 38.3. The molecule has 7 heterocycles. The summed E-state index contributed by atoms with van der Waals surface area (Å²) in [6.07, 6.45) is -45.0. The van der Waals surface area contributed by atoms with E-state index in [-0.39, 0.29) is 13.2 Å². The lowest BCUT2D eigenvalue weighted by Crippen LogP contribution is -2.68. The number of hydrogen-bond acceptors (Lipinski definition) is 38. The van der Waals surface area contributed by atoms with Crippen molar-refractivity contribution in [2.75, 3.05) is 72.7 Å². The largest absolute Gasteiger partial charge is 0.394 e. The predicted octanol–water partition coefficient (Wildman–Crippen LogP) is -7.01. The van der Waals surface area contributed by atoms with E-state index in [0.717, 1.165) is 51.4 Å². The zero-order valence-electron chi connectivity index (χ0n) is 61.1. The molecule has 0 spiro atoms. The van der Waals surface area contributed by atoms with Crippen LogP contribution in [0.15, 0.2) is 0 Å². The molecule has 7 aliphatic rings. The van der Waals surface area contributed by atoms with Gasteiger partial charge in [0.1, 0.15) is 177 Å². The van der Waals surface area contributed by atoms with Gasteiger partial charge in [0.25, 0.3) is 0 Å². The molecule has 7 aliphatic heterocycles. The second-order valence-electron chi connectivity index (χ2n) is 28.8. The van der Waals surface area contributed by atoms with E-state index < -0.39 is 267 Å². The Bertz CT molecular complexity index is 2310. The summed E-state index contributed by atoms with van der Waals surface area (Å²) >= 11 is 0. The number of rotatable bonds is 47. The van der Waals surface area contributed by atoms with Crippen LogP contribution in [0.5, 0.6) is 0 Å². The van der Waals surface area contributed by atoms with E-state index in [0.29, 0.717) is 13.2 Å². The maximum absolute atomic E-state index is 11.6. The van der Waals surface area contributed by atoms with Gasteiger partial charge in [-0.25, -0.2) is 0 Å². The lowest BCUT2D eigenvalue weighted by Gasteiger charge is -2.50. The average Bonchev–Trinajstić information content (AvgIpc) is 0.774. The third kappa shape index (κ3) is 25.2. The Morgan fingerprint density at radius 3 is 0.654 bits per heavy atom. The zero-order valence-corrected chi connectivity index (χ0v) is 61.1. The second-order valence-corrected chi connectivity index (χ2v) is 28.8. The fourth-order valence-electron chi connectivity index (χ4n) is 14.2. The summed E-state index contributed by atoms with van der Waals surface area (Å²) in [6.45, 7) is -1.43. The highest BCUT2D eigenvalue weighted by Gasteiger charge is 2.59. The molecular formula is C69H126O38. The van der Waals surface area contributed by atoms with E-state index in [1.165, 1.54) is 77.0 Å². The molecule has 0 aliphatic carbocycles. The molecule has 22 N–H and O–H groups in total. The fourth-order valence-corrected chi connectivity index (χ4v) is 14.2. The van der Waals surface area contributed by atoms with Crippen LogP contribution in [-0.4, -0.2) is 406 Å². The number of hydrogen-bond donors (Lipinski definition) is 22. The van der Waals surface area contributed by atoms with Crippen molar-refractivity contribution in [2.45, 2.75) is 363 Å². The van der Waals surface area contributed by atoms with Gasteiger partial charge in [0.05, 0.1) is 59.5 Å². The van der Waals surface area contributed by atoms with Gasteiger partial charge < -0.3 is 188 Å². The molecule has 630 valence electrons. The molecule has 0 aromatic rings. The Morgan fingerprint density at radius 2 is 0.421 bits per heavy atom. The highest BCUT2D eigenvalue weighted by molar-refractivity contribution is 5.01. The van der Waals surface area contributed by atoms with E-state index in [4.69, 9.17) is 75.8 Å². The zero-order chi connectivity index (χ0) is 78.0. The van der Waals surface area contributed by atoms with Gasteiger partial charge in [0.2, 0.25) is 0 Å². The molecule has 107 heavy (non-hydrogen) atoms. The first-order valence-electron chi connectivity index (χ1n) is 38.3. The van der Waals surface area contributed by atoms with Crippen molar-refractivity contribution in [2.24, 2.45) is 0 Å². The molecule has 38 nitrogen and oxygen atoms in total. The molecule has 35 atom stereocenters. The standard InChI is InChI=1S/C69H126O38/c1-3-5-7-9-11-13-15-17-19-21-23-92-32-34(33-93-24-22-20-18-16-14-12-10-8-6-4-2)94-63-51(86)44(79)57(36(26-71)96-63)103-65-53(88)46(81)59(38(28-73)98-65)105-67-55(90)48(83)61(40(30-75)100-67)107-69-56(91)49(84)62(41(31-76)101-69)106-68-54(89)47(82)60(39(29-74)99-68)104-66-52(87)45(80)58(37(27-72)97-66)102-64-50(85)43(78)42(77)35(25-70)95-64/h34-91H,3-33H2,1-2H3/t35-,36-,37-,38-,39-,40-,41-,42-,43+,44-,45-,46-,47-,48-,49-,50-,51-,52-,53-,54-,55-,56-,57-,58-,59-,60-,61-,62-,63-,64-,65-,66-,67-,68-,69-/m1/s1. The normalized spacial score (nSPS) is 42.3. The van der Waals surface area contributed by atoms with Crippen LogP contribution in [0, 0.1) is 0 Å². The maximum atomic E-state index is 11.6. The molecule has 7 rings (SSSR count). The Kier molecular flexibility index (Phi) is 41.1. The summed E-state index contributed by atoms with van der Waals surface area (Å²) in [4.78, 5) is 0. The average molecular weight is 1560 g/mol. The minimum atomic E-state index is -2.24. The molecule has 0 aromatic heterocycles. The molecule has 0 amide bonds. The van der Waals surface area contributed by atoms with Crippen molar-refractivity contribution in [3.8, 4) is 0 Å². The molecule has 0 aromatic carbocycles. The molecule has 0 bridgehead atoms. The number of ether oxygens (including phenoxy) is 16. The van der Waals surface area contributed by atoms with E-state index in [2.05, 4.69) is 13.8 Å². The van der Waals surface area contributed by atoms with Gasteiger partial charge in [0.15, 0.2) is 44.0 Å². The third-order valence-corrected chi connectivity index (χ3v) is 20.7. The van der Waals surface area contributed by atoms with Gasteiger partial charge in [-0.2, -0.15) is 0 Å². The van der Waals surface area contributed by atoms with Crippen LogP contribution in [-0.2, 0) is 75.8 Å². The molecule has 0 saturated carbocycles. The minimum absolute atomic E-state index is 0.0552. The Hall–Kier alpha value is -1.52. The lowest BCUT2D eigenvalue weighted by atomic mass is 9.95. The summed E-state index contributed by atoms with van der Waals surface area (Å²) in [5.74, 6) is 0. The first kappa shape index (κ1) is 92.6. The highest BCUT2D eigenvalue weighted by atomic mass is 16.8. The molecule has 0 unspecified atom stereocenters. The van der Waals surface area contributed by atoms with Gasteiger partial charge in [0, 0.05) is 13.2 Å². The molecule has 7 fully saturated rings. The third-order valence-electron chi connectivity index (χ3n) is 20.7. The minimum Gasteiger partial charge on any atom is -0.394 e. The van der Waals surface area contributed by atoms with Crippen LogP contribution in [0.3, 0.4) is 0 Å². The number of aliphatic hydroxyl groups is 22. The van der Waals surface area contributed by atoms with Gasteiger partial charge in [-0.05, 0) is 12.8 Å². The monoisotopic (exact) mass is 1560 g/mol. The van der Waals surface area contributed by atoms with Gasteiger partial charge in [-0.1, -0.05) is 129 Å². The quantitative estimate of drug-likeness (QED) is 0.0252. The smallest absolute Gasteiger partial charge is 0.187 e. The van der Waals surface area contributed by atoms with Crippen LogP contribution in [0.25, 0.3) is 0 Å². The highest BCUT2D eigenvalue weighted by Crippen LogP contribution is 2.38.